The SMILES string of the molecule is COc1ccnc(N2CCC3(CCOCC3)[C@H]2C)n1. The molecule has 2 saturated heterocycles. The van der Waals surface area contributed by atoms with Crippen LogP contribution in [0, 0.1) is 5.41 Å². The summed E-state index contributed by atoms with van der Waals surface area (Å²) >= 11 is 0. The summed E-state index contributed by atoms with van der Waals surface area (Å²) in [4.78, 5) is 11.2. The van der Waals surface area contributed by atoms with Crippen molar-refractivity contribution in [3.8, 4) is 5.88 Å². The Hall–Kier alpha value is -1.36. The summed E-state index contributed by atoms with van der Waals surface area (Å²) < 4.78 is 10.7. The van der Waals surface area contributed by atoms with E-state index in [0.29, 0.717) is 17.3 Å². The molecule has 5 heteroatoms. The molecule has 0 saturated carbocycles. The highest BCUT2D eigenvalue weighted by Crippen LogP contribution is 2.45. The molecule has 3 rings (SSSR count). The fraction of sp³-hybridized carbons (Fsp3) is 0.714. The molecular weight excluding hydrogens is 242 g/mol. The molecular formula is C14H21N3O2. The summed E-state index contributed by atoms with van der Waals surface area (Å²) in [5.41, 5.74) is 0.380. The fourth-order valence-electron chi connectivity index (χ4n) is 3.38. The first kappa shape index (κ1) is 12.7. The molecule has 3 heterocycles. The van der Waals surface area contributed by atoms with Crippen molar-refractivity contribution in [2.45, 2.75) is 32.2 Å². The highest BCUT2D eigenvalue weighted by atomic mass is 16.5. The lowest BCUT2D eigenvalue weighted by atomic mass is 9.74. The van der Waals surface area contributed by atoms with Crippen LogP contribution in [0.15, 0.2) is 12.3 Å². The molecule has 1 aromatic rings. The van der Waals surface area contributed by atoms with E-state index in [4.69, 9.17) is 9.47 Å². The van der Waals surface area contributed by atoms with Crippen molar-refractivity contribution in [2.75, 3.05) is 31.8 Å². The van der Waals surface area contributed by atoms with Crippen LogP contribution in [0.1, 0.15) is 26.2 Å². The quantitative estimate of drug-likeness (QED) is 0.815. The maximum atomic E-state index is 5.51. The van der Waals surface area contributed by atoms with Crippen LogP contribution in [0.2, 0.25) is 0 Å². The van der Waals surface area contributed by atoms with Gasteiger partial charge >= 0.3 is 0 Å². The Balaban J connectivity index is 1.82. The summed E-state index contributed by atoms with van der Waals surface area (Å²) in [6, 6.07) is 2.25. The second-order valence-corrected chi connectivity index (χ2v) is 5.49. The molecule has 0 radical (unpaired) electrons. The van der Waals surface area contributed by atoms with Crippen molar-refractivity contribution in [1.29, 1.82) is 0 Å². The van der Waals surface area contributed by atoms with Gasteiger partial charge in [0.25, 0.3) is 0 Å². The van der Waals surface area contributed by atoms with Crippen LogP contribution >= 0.6 is 0 Å². The first-order valence-corrected chi connectivity index (χ1v) is 6.97. The summed E-state index contributed by atoms with van der Waals surface area (Å²) in [5.74, 6) is 1.42. The summed E-state index contributed by atoms with van der Waals surface area (Å²) in [5, 5.41) is 0. The maximum Gasteiger partial charge on any atom is 0.228 e. The molecule has 1 aromatic heterocycles. The Morgan fingerprint density at radius 1 is 1.37 bits per heavy atom. The first-order valence-electron chi connectivity index (χ1n) is 6.97. The van der Waals surface area contributed by atoms with Gasteiger partial charge in [-0.05, 0) is 31.6 Å². The molecule has 0 bridgehead atoms. The molecule has 2 aliphatic rings. The van der Waals surface area contributed by atoms with Gasteiger partial charge in [0.05, 0.1) is 7.11 Å². The van der Waals surface area contributed by atoms with E-state index >= 15 is 0 Å². The van der Waals surface area contributed by atoms with Crippen molar-refractivity contribution in [3.05, 3.63) is 12.3 Å². The van der Waals surface area contributed by atoms with Crippen LogP contribution in [0.25, 0.3) is 0 Å². The predicted octanol–water partition coefficient (Wildman–Crippen LogP) is 1.88. The molecule has 2 fully saturated rings. The molecule has 2 aliphatic heterocycles. The molecule has 104 valence electrons. The van der Waals surface area contributed by atoms with Gasteiger partial charge in [0.15, 0.2) is 0 Å². The Labute approximate surface area is 113 Å². The van der Waals surface area contributed by atoms with Crippen molar-refractivity contribution in [3.63, 3.8) is 0 Å². The third kappa shape index (κ3) is 2.16. The number of nitrogens with zero attached hydrogens (tertiary/aromatic N) is 3. The van der Waals surface area contributed by atoms with Crippen LogP contribution in [0.3, 0.4) is 0 Å². The average molecular weight is 263 g/mol. The molecule has 0 unspecified atom stereocenters. The molecule has 1 spiro atoms. The minimum atomic E-state index is 0.380. The third-order valence-electron chi connectivity index (χ3n) is 4.78. The van der Waals surface area contributed by atoms with E-state index in [1.807, 2.05) is 0 Å². The molecule has 5 nitrogen and oxygen atoms in total. The minimum absolute atomic E-state index is 0.380. The van der Waals surface area contributed by atoms with Gasteiger partial charge in [0.1, 0.15) is 0 Å². The van der Waals surface area contributed by atoms with Gasteiger partial charge in [-0.25, -0.2) is 4.98 Å². The van der Waals surface area contributed by atoms with Crippen LogP contribution in [0.4, 0.5) is 5.95 Å². The highest BCUT2D eigenvalue weighted by molar-refractivity contribution is 5.37. The first-order chi connectivity index (χ1) is 9.25. The predicted molar refractivity (Wildman–Crippen MR) is 72.5 cm³/mol. The van der Waals surface area contributed by atoms with Gasteiger partial charge in [-0.15, -0.1) is 0 Å². The van der Waals surface area contributed by atoms with E-state index in [2.05, 4.69) is 21.8 Å². The van der Waals surface area contributed by atoms with E-state index in [1.165, 1.54) is 6.42 Å². The molecule has 1 atom stereocenters. The summed E-state index contributed by atoms with van der Waals surface area (Å²) in [7, 11) is 1.64. The van der Waals surface area contributed by atoms with Gasteiger partial charge in [-0.2, -0.15) is 4.98 Å². The van der Waals surface area contributed by atoms with Gasteiger partial charge in [-0.1, -0.05) is 0 Å². The topological polar surface area (TPSA) is 47.5 Å². The van der Waals surface area contributed by atoms with Gasteiger partial charge < -0.3 is 14.4 Å². The number of aromatic nitrogens is 2. The van der Waals surface area contributed by atoms with E-state index in [9.17, 15) is 0 Å². The third-order valence-corrected chi connectivity index (χ3v) is 4.78. The van der Waals surface area contributed by atoms with Gasteiger partial charge in [0, 0.05) is 38.1 Å². The average Bonchev–Trinajstić information content (AvgIpc) is 2.77. The van der Waals surface area contributed by atoms with Crippen molar-refractivity contribution >= 4 is 5.95 Å². The normalized spacial score (nSPS) is 25.8. The Kier molecular flexibility index (Phi) is 3.31. The Bertz CT molecular complexity index is 446. The van der Waals surface area contributed by atoms with Crippen LogP contribution in [-0.4, -0.2) is 42.9 Å². The molecule has 19 heavy (non-hydrogen) atoms. The van der Waals surface area contributed by atoms with Gasteiger partial charge in [-0.3, -0.25) is 0 Å². The number of hydrogen-bond acceptors (Lipinski definition) is 5. The smallest absolute Gasteiger partial charge is 0.228 e. The molecule has 0 aliphatic carbocycles. The van der Waals surface area contributed by atoms with E-state index in [0.717, 1.165) is 38.5 Å². The van der Waals surface area contributed by atoms with E-state index in [-0.39, 0.29) is 0 Å². The van der Waals surface area contributed by atoms with E-state index < -0.39 is 0 Å². The molecule has 0 N–H and O–H groups in total. The lowest BCUT2D eigenvalue weighted by Gasteiger charge is -2.38. The highest BCUT2D eigenvalue weighted by Gasteiger charge is 2.46. The summed E-state index contributed by atoms with van der Waals surface area (Å²) in [6.07, 6.45) is 5.27. The lowest BCUT2D eigenvalue weighted by Crippen LogP contribution is -2.41. The number of hydrogen-bond donors (Lipinski definition) is 0. The second kappa shape index (κ2) is 4.96. The zero-order valence-corrected chi connectivity index (χ0v) is 11.6. The molecule has 0 amide bonds. The van der Waals surface area contributed by atoms with Crippen molar-refractivity contribution < 1.29 is 9.47 Å². The van der Waals surface area contributed by atoms with Crippen molar-refractivity contribution in [1.82, 2.24) is 9.97 Å². The van der Waals surface area contributed by atoms with Crippen LogP contribution < -0.4 is 9.64 Å². The van der Waals surface area contributed by atoms with E-state index in [1.54, 1.807) is 19.4 Å². The monoisotopic (exact) mass is 263 g/mol. The Morgan fingerprint density at radius 3 is 2.89 bits per heavy atom. The number of rotatable bonds is 2. The number of anilines is 1. The van der Waals surface area contributed by atoms with Crippen LogP contribution in [0.5, 0.6) is 5.88 Å². The summed E-state index contributed by atoms with van der Waals surface area (Å²) in [6.45, 7) is 5.09. The maximum absolute atomic E-state index is 5.51. The zero-order valence-electron chi connectivity index (χ0n) is 11.6. The van der Waals surface area contributed by atoms with Gasteiger partial charge in [0.2, 0.25) is 11.8 Å². The standard InChI is InChI=1S/C14H21N3O2/c1-11-14(5-9-19-10-6-14)4-8-17(11)13-15-7-3-12(16-13)18-2/h3,7,11H,4-6,8-10H2,1-2H3/t11-/m1/s1. The Morgan fingerprint density at radius 2 is 2.16 bits per heavy atom. The molecule has 0 aromatic carbocycles. The fourth-order valence-corrected chi connectivity index (χ4v) is 3.38. The second-order valence-electron chi connectivity index (χ2n) is 5.49. The zero-order chi connectivity index (χ0) is 13.3. The van der Waals surface area contributed by atoms with Crippen molar-refractivity contribution in [2.24, 2.45) is 5.41 Å². The van der Waals surface area contributed by atoms with Crippen LogP contribution in [-0.2, 0) is 4.74 Å². The largest absolute Gasteiger partial charge is 0.481 e. The number of ether oxygens (including phenoxy) is 2. The minimum Gasteiger partial charge on any atom is -0.481 e. The number of methoxy groups -OCH3 is 1. The lowest BCUT2D eigenvalue weighted by molar-refractivity contribution is 0.0128.